The highest BCUT2D eigenvalue weighted by molar-refractivity contribution is 8.18. The molecule has 2 saturated heterocycles. The molecule has 34 heavy (non-hydrogen) atoms. The van der Waals surface area contributed by atoms with E-state index in [0.717, 1.165) is 55.5 Å². The lowest BCUT2D eigenvalue weighted by Crippen LogP contribution is -2.42. The summed E-state index contributed by atoms with van der Waals surface area (Å²) < 4.78 is 11.2. The van der Waals surface area contributed by atoms with Crippen molar-refractivity contribution in [3.8, 4) is 5.75 Å². The van der Waals surface area contributed by atoms with E-state index in [1.54, 1.807) is 4.90 Å². The van der Waals surface area contributed by atoms with Gasteiger partial charge in [-0.15, -0.1) is 0 Å². The molecular formula is C26H32N4O3S. The van der Waals surface area contributed by atoms with Crippen molar-refractivity contribution >= 4 is 40.3 Å². The number of para-hydroxylation sites is 2. The maximum Gasteiger partial charge on any atom is 0.266 e. The van der Waals surface area contributed by atoms with Crippen LogP contribution in [-0.4, -0.2) is 81.0 Å². The number of nitrogens with zero attached hydrogens (tertiary/aromatic N) is 4. The third-order valence-corrected chi connectivity index (χ3v) is 6.73. The normalized spacial score (nSPS) is 19.3. The molecule has 2 aliphatic heterocycles. The van der Waals surface area contributed by atoms with Gasteiger partial charge in [-0.1, -0.05) is 24.3 Å². The summed E-state index contributed by atoms with van der Waals surface area (Å²) in [5.41, 5.74) is 2.84. The van der Waals surface area contributed by atoms with Gasteiger partial charge in [0.05, 0.1) is 24.7 Å². The highest BCUT2D eigenvalue weighted by atomic mass is 32.2. The van der Waals surface area contributed by atoms with Crippen molar-refractivity contribution in [1.29, 1.82) is 0 Å². The van der Waals surface area contributed by atoms with Gasteiger partial charge in [-0.3, -0.25) is 14.6 Å². The molecule has 180 valence electrons. The van der Waals surface area contributed by atoms with E-state index in [1.165, 1.54) is 11.8 Å². The minimum absolute atomic E-state index is 0.0115. The van der Waals surface area contributed by atoms with Gasteiger partial charge in [0.15, 0.2) is 5.17 Å². The van der Waals surface area contributed by atoms with Crippen molar-refractivity contribution < 1.29 is 14.3 Å². The Bertz CT molecular complexity index is 1050. The van der Waals surface area contributed by atoms with Crippen LogP contribution in [0.4, 0.5) is 11.4 Å². The van der Waals surface area contributed by atoms with Crippen LogP contribution in [0, 0.1) is 0 Å². The summed E-state index contributed by atoms with van der Waals surface area (Å²) in [6.45, 7) is 7.12. The van der Waals surface area contributed by atoms with E-state index in [1.807, 2.05) is 63.5 Å². The molecule has 1 amide bonds. The van der Waals surface area contributed by atoms with E-state index >= 15 is 0 Å². The molecule has 0 bridgehead atoms. The number of benzene rings is 2. The molecule has 2 heterocycles. The number of rotatable bonds is 8. The first kappa shape index (κ1) is 24.3. The van der Waals surface area contributed by atoms with Crippen molar-refractivity contribution in [2.45, 2.75) is 6.92 Å². The Morgan fingerprint density at radius 2 is 1.82 bits per heavy atom. The first-order valence-corrected chi connectivity index (χ1v) is 12.5. The smallest absolute Gasteiger partial charge is 0.266 e. The van der Waals surface area contributed by atoms with Crippen LogP contribution in [0.1, 0.15) is 12.5 Å². The van der Waals surface area contributed by atoms with Crippen LogP contribution in [-0.2, 0) is 9.53 Å². The molecule has 0 aromatic heterocycles. The van der Waals surface area contributed by atoms with Crippen LogP contribution in [0.15, 0.2) is 58.4 Å². The van der Waals surface area contributed by atoms with Gasteiger partial charge in [0.1, 0.15) is 11.4 Å². The van der Waals surface area contributed by atoms with Gasteiger partial charge in [0.2, 0.25) is 0 Å². The monoisotopic (exact) mass is 480 g/mol. The zero-order valence-electron chi connectivity index (χ0n) is 20.1. The summed E-state index contributed by atoms with van der Waals surface area (Å²) in [7, 11) is 4.03. The van der Waals surface area contributed by atoms with Crippen molar-refractivity contribution in [1.82, 2.24) is 9.80 Å². The Labute approximate surface area is 206 Å². The number of aliphatic imine (C=N–C) groups is 1. The SMILES string of the molecule is CCOc1ccccc1N=C1SC(=Cc2ccc(N(C)C)cc2)C(=O)N1CCN1CCOCC1. The standard InChI is InChI=1S/C26H32N4O3S/c1-4-33-23-8-6-5-7-22(23)27-26-30(14-13-29-15-17-32-18-16-29)25(31)24(34-26)19-20-9-11-21(12-10-20)28(2)3/h5-12,19H,4,13-18H2,1-3H3. The summed E-state index contributed by atoms with van der Waals surface area (Å²) in [6, 6.07) is 15.9. The summed E-state index contributed by atoms with van der Waals surface area (Å²) in [6.07, 6.45) is 1.95. The van der Waals surface area contributed by atoms with Gasteiger partial charge in [-0.25, -0.2) is 4.99 Å². The predicted molar refractivity (Wildman–Crippen MR) is 140 cm³/mol. The van der Waals surface area contributed by atoms with Gasteiger partial charge in [-0.2, -0.15) is 0 Å². The fourth-order valence-corrected chi connectivity index (χ4v) is 4.82. The third kappa shape index (κ3) is 6.00. The molecular weight excluding hydrogens is 448 g/mol. The molecule has 2 aromatic rings. The van der Waals surface area contributed by atoms with E-state index in [-0.39, 0.29) is 5.91 Å². The maximum atomic E-state index is 13.4. The number of thioether (sulfide) groups is 1. The van der Waals surface area contributed by atoms with Gasteiger partial charge < -0.3 is 14.4 Å². The van der Waals surface area contributed by atoms with Crippen molar-refractivity contribution in [2.75, 3.05) is 65.0 Å². The van der Waals surface area contributed by atoms with Gasteiger partial charge >= 0.3 is 0 Å². The van der Waals surface area contributed by atoms with E-state index < -0.39 is 0 Å². The second kappa shape index (κ2) is 11.6. The van der Waals surface area contributed by atoms with Crippen LogP contribution >= 0.6 is 11.8 Å². The van der Waals surface area contributed by atoms with Crippen molar-refractivity contribution in [3.63, 3.8) is 0 Å². The second-order valence-electron chi connectivity index (χ2n) is 8.30. The van der Waals surface area contributed by atoms with Gasteiger partial charge in [0, 0.05) is 46.0 Å². The molecule has 8 heteroatoms. The topological polar surface area (TPSA) is 57.6 Å². The number of amidine groups is 1. The molecule has 0 spiro atoms. The number of ether oxygens (including phenoxy) is 2. The Kier molecular flexibility index (Phi) is 8.26. The van der Waals surface area contributed by atoms with E-state index in [0.29, 0.717) is 23.2 Å². The van der Waals surface area contributed by atoms with E-state index in [9.17, 15) is 4.79 Å². The summed E-state index contributed by atoms with van der Waals surface area (Å²) in [5, 5.41) is 0.682. The number of hydrogen-bond donors (Lipinski definition) is 0. The number of amides is 1. The molecule has 0 aliphatic carbocycles. The molecule has 0 N–H and O–H groups in total. The molecule has 7 nitrogen and oxygen atoms in total. The summed E-state index contributed by atoms with van der Waals surface area (Å²) in [5.74, 6) is 0.706. The molecule has 0 unspecified atom stereocenters. The minimum atomic E-state index is -0.0115. The largest absolute Gasteiger partial charge is 0.492 e. The summed E-state index contributed by atoms with van der Waals surface area (Å²) in [4.78, 5) is 25.2. The zero-order valence-corrected chi connectivity index (χ0v) is 20.9. The minimum Gasteiger partial charge on any atom is -0.492 e. The molecule has 4 rings (SSSR count). The first-order valence-electron chi connectivity index (χ1n) is 11.6. The molecule has 0 atom stereocenters. The summed E-state index contributed by atoms with van der Waals surface area (Å²) >= 11 is 1.42. The highest BCUT2D eigenvalue weighted by Gasteiger charge is 2.34. The zero-order chi connectivity index (χ0) is 23.9. The lowest BCUT2D eigenvalue weighted by Gasteiger charge is -2.28. The Balaban J connectivity index is 1.61. The average Bonchev–Trinajstić information content (AvgIpc) is 3.13. The van der Waals surface area contributed by atoms with E-state index in [4.69, 9.17) is 14.5 Å². The third-order valence-electron chi connectivity index (χ3n) is 5.72. The Hall–Kier alpha value is -2.81. The molecule has 2 aromatic carbocycles. The maximum absolute atomic E-state index is 13.4. The van der Waals surface area contributed by atoms with Crippen LogP contribution in [0.3, 0.4) is 0 Å². The Morgan fingerprint density at radius 1 is 1.09 bits per heavy atom. The van der Waals surface area contributed by atoms with Crippen LogP contribution < -0.4 is 9.64 Å². The molecule has 0 saturated carbocycles. The average molecular weight is 481 g/mol. The van der Waals surface area contributed by atoms with E-state index in [2.05, 4.69) is 21.9 Å². The number of carbonyl (C=O) groups is 1. The number of carbonyl (C=O) groups excluding carboxylic acids is 1. The quantitative estimate of drug-likeness (QED) is 0.531. The number of morpholine rings is 1. The van der Waals surface area contributed by atoms with Crippen LogP contribution in [0.2, 0.25) is 0 Å². The molecule has 0 radical (unpaired) electrons. The molecule has 2 aliphatic rings. The van der Waals surface area contributed by atoms with Crippen LogP contribution in [0.25, 0.3) is 6.08 Å². The van der Waals surface area contributed by atoms with Crippen LogP contribution in [0.5, 0.6) is 5.75 Å². The lowest BCUT2D eigenvalue weighted by atomic mass is 10.2. The van der Waals surface area contributed by atoms with Gasteiger partial charge in [-0.05, 0) is 54.6 Å². The first-order chi connectivity index (χ1) is 16.5. The van der Waals surface area contributed by atoms with Crippen molar-refractivity contribution in [3.05, 3.63) is 59.0 Å². The number of hydrogen-bond acceptors (Lipinski definition) is 7. The van der Waals surface area contributed by atoms with Crippen molar-refractivity contribution in [2.24, 2.45) is 4.99 Å². The Morgan fingerprint density at radius 3 is 2.53 bits per heavy atom. The second-order valence-corrected chi connectivity index (χ2v) is 9.31. The fourth-order valence-electron chi connectivity index (χ4n) is 3.80. The fraction of sp³-hybridized carbons (Fsp3) is 0.385. The number of anilines is 1. The lowest BCUT2D eigenvalue weighted by molar-refractivity contribution is -0.122. The van der Waals surface area contributed by atoms with Gasteiger partial charge in [0.25, 0.3) is 5.91 Å². The predicted octanol–water partition coefficient (Wildman–Crippen LogP) is 4.09. The highest BCUT2D eigenvalue weighted by Crippen LogP contribution is 2.36. The molecule has 2 fully saturated rings.